The van der Waals surface area contributed by atoms with Crippen LogP contribution < -0.4 is 16.0 Å². The monoisotopic (exact) mass is 304 g/mol. The highest BCUT2D eigenvalue weighted by Crippen LogP contribution is 2.14. The van der Waals surface area contributed by atoms with Crippen LogP contribution in [0.15, 0.2) is 42.6 Å². The van der Waals surface area contributed by atoms with Gasteiger partial charge in [0.1, 0.15) is 5.82 Å². The molecule has 0 unspecified atom stereocenters. The molecule has 0 aliphatic rings. The fraction of sp³-hybridized carbons (Fsp3) is 0.0714. The first-order chi connectivity index (χ1) is 10.0. The van der Waals surface area contributed by atoms with Crippen molar-refractivity contribution in [2.45, 2.75) is 6.92 Å². The van der Waals surface area contributed by atoms with Gasteiger partial charge in [-0.15, -0.1) is 0 Å². The van der Waals surface area contributed by atoms with Crippen molar-refractivity contribution in [3.05, 3.63) is 47.6 Å². The lowest BCUT2D eigenvalue weighted by Gasteiger charge is -2.08. The average molecular weight is 305 g/mol. The van der Waals surface area contributed by atoms with Crippen LogP contribution in [0.25, 0.3) is 0 Å². The third-order valence-electron chi connectivity index (χ3n) is 2.43. The number of rotatable bonds is 3. The zero-order valence-electron chi connectivity index (χ0n) is 11.2. The summed E-state index contributed by atoms with van der Waals surface area (Å²) in [4.78, 5) is 26.6. The Hall–Kier alpha value is -2.60. The maximum atomic E-state index is 11.8. The highest BCUT2D eigenvalue weighted by Gasteiger charge is 2.03. The van der Waals surface area contributed by atoms with E-state index in [1.807, 2.05) is 0 Å². The Balaban J connectivity index is 1.93. The van der Waals surface area contributed by atoms with Crippen LogP contribution >= 0.6 is 11.6 Å². The molecule has 0 atom stereocenters. The fourth-order valence-corrected chi connectivity index (χ4v) is 1.67. The first-order valence-corrected chi connectivity index (χ1v) is 6.48. The number of halogens is 1. The maximum Gasteiger partial charge on any atom is 0.323 e. The molecule has 1 heterocycles. The molecule has 6 nitrogen and oxygen atoms in total. The molecule has 0 bridgehead atoms. The van der Waals surface area contributed by atoms with Gasteiger partial charge < -0.3 is 16.0 Å². The molecule has 0 fully saturated rings. The van der Waals surface area contributed by atoms with E-state index in [2.05, 4.69) is 20.9 Å². The van der Waals surface area contributed by atoms with Crippen LogP contribution in [0.3, 0.4) is 0 Å². The molecule has 1 aromatic heterocycles. The quantitative estimate of drug-likeness (QED) is 0.813. The molecule has 0 aliphatic carbocycles. The van der Waals surface area contributed by atoms with Crippen LogP contribution in [0.4, 0.5) is 22.0 Å². The summed E-state index contributed by atoms with van der Waals surface area (Å²) in [6, 6.07) is 9.59. The number of carbonyl (C=O) groups excluding carboxylic acids is 2. The van der Waals surface area contributed by atoms with E-state index < -0.39 is 6.03 Å². The van der Waals surface area contributed by atoms with Gasteiger partial charge in [-0.3, -0.25) is 4.79 Å². The number of urea groups is 1. The molecular weight excluding hydrogens is 292 g/mol. The summed E-state index contributed by atoms with van der Waals surface area (Å²) in [5.41, 5.74) is 1.13. The van der Waals surface area contributed by atoms with Crippen molar-refractivity contribution in [1.29, 1.82) is 0 Å². The smallest absolute Gasteiger partial charge is 0.311 e. The largest absolute Gasteiger partial charge is 0.323 e. The fourth-order valence-electron chi connectivity index (χ4n) is 1.55. The van der Waals surface area contributed by atoms with E-state index >= 15 is 0 Å². The normalized spacial score (nSPS) is 9.81. The number of hydrogen-bond acceptors (Lipinski definition) is 3. The lowest BCUT2D eigenvalue weighted by Crippen LogP contribution is -2.19. The molecule has 2 rings (SSSR count). The summed E-state index contributed by atoms with van der Waals surface area (Å²) in [6.45, 7) is 1.40. The predicted molar refractivity (Wildman–Crippen MR) is 82.6 cm³/mol. The second kappa shape index (κ2) is 6.71. The zero-order chi connectivity index (χ0) is 15.2. The standard InChI is InChI=1S/C14H13ClN4O2/c1-9(20)17-13-7-6-12(8-16-13)19-14(21)18-11-4-2-10(15)3-5-11/h2-8H,1H3,(H,16,17,20)(H2,18,19,21). The minimum absolute atomic E-state index is 0.205. The lowest BCUT2D eigenvalue weighted by molar-refractivity contribution is -0.114. The highest BCUT2D eigenvalue weighted by atomic mass is 35.5. The van der Waals surface area contributed by atoms with Gasteiger partial charge in [0, 0.05) is 17.6 Å². The molecule has 3 N–H and O–H groups in total. The molecule has 1 aromatic carbocycles. The number of pyridine rings is 1. The minimum atomic E-state index is -0.397. The molecule has 2 aromatic rings. The summed E-state index contributed by atoms with van der Waals surface area (Å²) in [5.74, 6) is 0.217. The second-order valence-electron chi connectivity index (χ2n) is 4.20. The average Bonchev–Trinajstić information content (AvgIpc) is 2.43. The summed E-state index contributed by atoms with van der Waals surface area (Å²) in [5, 5.41) is 8.42. The number of benzene rings is 1. The Morgan fingerprint density at radius 3 is 2.14 bits per heavy atom. The number of hydrogen-bond donors (Lipinski definition) is 3. The van der Waals surface area contributed by atoms with E-state index in [0.717, 1.165) is 0 Å². The summed E-state index contributed by atoms with van der Waals surface area (Å²) < 4.78 is 0. The Kier molecular flexibility index (Phi) is 4.73. The molecule has 7 heteroatoms. The summed E-state index contributed by atoms with van der Waals surface area (Å²) >= 11 is 5.76. The first-order valence-electron chi connectivity index (χ1n) is 6.10. The van der Waals surface area contributed by atoms with Gasteiger partial charge in [0.25, 0.3) is 0 Å². The van der Waals surface area contributed by atoms with Crippen molar-refractivity contribution in [1.82, 2.24) is 4.98 Å². The van der Waals surface area contributed by atoms with Gasteiger partial charge >= 0.3 is 6.03 Å². The second-order valence-corrected chi connectivity index (χ2v) is 4.64. The number of nitrogens with zero attached hydrogens (tertiary/aromatic N) is 1. The maximum absolute atomic E-state index is 11.8. The van der Waals surface area contributed by atoms with Crippen molar-refractivity contribution in [2.24, 2.45) is 0 Å². The molecule has 108 valence electrons. The third-order valence-corrected chi connectivity index (χ3v) is 2.68. The number of nitrogens with one attached hydrogen (secondary N) is 3. The molecule has 0 saturated heterocycles. The summed E-state index contributed by atoms with van der Waals surface area (Å²) in [7, 11) is 0. The number of aromatic nitrogens is 1. The number of amides is 3. The van der Waals surface area contributed by atoms with E-state index in [9.17, 15) is 9.59 Å². The van der Waals surface area contributed by atoms with Gasteiger partial charge in [-0.2, -0.15) is 0 Å². The van der Waals surface area contributed by atoms with Crippen molar-refractivity contribution in [3.63, 3.8) is 0 Å². The van der Waals surface area contributed by atoms with Crippen molar-refractivity contribution in [2.75, 3.05) is 16.0 Å². The van der Waals surface area contributed by atoms with E-state index in [0.29, 0.717) is 22.2 Å². The SMILES string of the molecule is CC(=O)Nc1ccc(NC(=O)Nc2ccc(Cl)cc2)cn1. The van der Waals surface area contributed by atoms with Gasteiger partial charge in [-0.05, 0) is 36.4 Å². The third kappa shape index (κ3) is 4.77. The molecular formula is C14H13ClN4O2. The van der Waals surface area contributed by atoms with Crippen LogP contribution in [-0.2, 0) is 4.79 Å². The Morgan fingerprint density at radius 1 is 0.952 bits per heavy atom. The molecule has 0 saturated carbocycles. The highest BCUT2D eigenvalue weighted by molar-refractivity contribution is 6.30. The van der Waals surface area contributed by atoms with Crippen molar-refractivity contribution < 1.29 is 9.59 Å². The van der Waals surface area contributed by atoms with Crippen molar-refractivity contribution in [3.8, 4) is 0 Å². The molecule has 21 heavy (non-hydrogen) atoms. The topological polar surface area (TPSA) is 83.1 Å². The lowest BCUT2D eigenvalue weighted by atomic mass is 10.3. The van der Waals surface area contributed by atoms with Gasteiger partial charge in [0.15, 0.2) is 0 Å². The van der Waals surface area contributed by atoms with Gasteiger partial charge in [-0.25, -0.2) is 9.78 Å². The van der Waals surface area contributed by atoms with Crippen molar-refractivity contribution >= 4 is 40.7 Å². The number of anilines is 3. The van der Waals surface area contributed by atoms with E-state index in [4.69, 9.17) is 11.6 Å². The van der Waals surface area contributed by atoms with E-state index in [1.165, 1.54) is 13.1 Å². The van der Waals surface area contributed by atoms with E-state index in [1.54, 1.807) is 36.4 Å². The van der Waals surface area contributed by atoms with E-state index in [-0.39, 0.29) is 5.91 Å². The molecule has 0 spiro atoms. The Labute approximate surface area is 126 Å². The Morgan fingerprint density at radius 2 is 1.57 bits per heavy atom. The predicted octanol–water partition coefficient (Wildman–Crippen LogP) is 3.34. The Bertz CT molecular complexity index is 641. The molecule has 0 radical (unpaired) electrons. The van der Waals surface area contributed by atoms with Crippen LogP contribution in [0, 0.1) is 0 Å². The molecule has 0 aliphatic heterocycles. The first kappa shape index (κ1) is 14.8. The van der Waals surface area contributed by atoms with Crippen LogP contribution in [-0.4, -0.2) is 16.9 Å². The van der Waals surface area contributed by atoms with Gasteiger partial charge in [-0.1, -0.05) is 11.6 Å². The van der Waals surface area contributed by atoms with Crippen LogP contribution in [0.5, 0.6) is 0 Å². The van der Waals surface area contributed by atoms with Crippen LogP contribution in [0.1, 0.15) is 6.92 Å². The summed E-state index contributed by atoms with van der Waals surface area (Å²) in [6.07, 6.45) is 1.45. The molecule has 3 amide bonds. The van der Waals surface area contributed by atoms with Gasteiger partial charge in [0.05, 0.1) is 11.9 Å². The number of carbonyl (C=O) groups is 2. The van der Waals surface area contributed by atoms with Crippen LogP contribution in [0.2, 0.25) is 5.02 Å². The zero-order valence-corrected chi connectivity index (χ0v) is 11.9. The van der Waals surface area contributed by atoms with Gasteiger partial charge in [0.2, 0.25) is 5.91 Å². The minimum Gasteiger partial charge on any atom is -0.311 e.